The van der Waals surface area contributed by atoms with Crippen LogP contribution in [0.5, 0.6) is 5.75 Å². The lowest BCUT2D eigenvalue weighted by Crippen LogP contribution is -2.54. The third-order valence-electron chi connectivity index (χ3n) is 6.70. The first-order valence-electron chi connectivity index (χ1n) is 13.1. The molecule has 1 N–H and O–H groups in total. The number of ether oxygens (including phenoxy) is 1. The molecular formula is C30H35Cl2N3O5S. The minimum atomic E-state index is -3.89. The largest absolute Gasteiger partial charge is 0.497 e. The maximum absolute atomic E-state index is 14.1. The number of methoxy groups -OCH3 is 1. The van der Waals surface area contributed by atoms with Crippen molar-refractivity contribution in [2.45, 2.75) is 45.3 Å². The van der Waals surface area contributed by atoms with Gasteiger partial charge in [0.05, 0.1) is 19.1 Å². The maximum atomic E-state index is 14.1. The number of benzene rings is 3. The predicted octanol–water partition coefficient (Wildman–Crippen LogP) is 5.32. The van der Waals surface area contributed by atoms with E-state index in [1.165, 1.54) is 12.0 Å². The Labute approximate surface area is 252 Å². The first kappa shape index (κ1) is 32.2. The number of anilines is 1. The third-order valence-corrected chi connectivity index (χ3v) is 8.55. The summed E-state index contributed by atoms with van der Waals surface area (Å²) in [4.78, 5) is 29.2. The van der Waals surface area contributed by atoms with E-state index in [4.69, 9.17) is 27.9 Å². The van der Waals surface area contributed by atoms with E-state index in [2.05, 4.69) is 5.32 Å². The number of halogens is 2. The number of carbonyl (C=O) groups is 2. The zero-order valence-corrected chi connectivity index (χ0v) is 25.8. The molecule has 3 rings (SSSR count). The zero-order valence-electron chi connectivity index (χ0n) is 23.5. The van der Waals surface area contributed by atoms with E-state index in [0.717, 1.165) is 16.1 Å². The Morgan fingerprint density at radius 3 is 2.10 bits per heavy atom. The van der Waals surface area contributed by atoms with Crippen molar-refractivity contribution in [2.24, 2.45) is 0 Å². The molecule has 0 heterocycles. The van der Waals surface area contributed by atoms with E-state index < -0.39 is 28.5 Å². The van der Waals surface area contributed by atoms with Gasteiger partial charge in [0, 0.05) is 34.6 Å². The number of nitrogens with zero attached hydrogens (tertiary/aromatic N) is 2. The van der Waals surface area contributed by atoms with E-state index in [0.29, 0.717) is 27.8 Å². The van der Waals surface area contributed by atoms with Crippen molar-refractivity contribution < 1.29 is 22.7 Å². The Hall–Kier alpha value is -3.27. The lowest BCUT2D eigenvalue weighted by molar-refractivity contribution is -0.140. The molecule has 2 amide bonds. The molecule has 0 unspecified atom stereocenters. The Morgan fingerprint density at radius 1 is 0.951 bits per heavy atom. The first-order valence-corrected chi connectivity index (χ1v) is 15.7. The molecule has 0 saturated carbocycles. The third kappa shape index (κ3) is 8.86. The standard InChI is InChI=1S/C30H35Cl2N3O5S/c1-5-21(2)33-30(37)28(18-22-10-7-6-8-11-22)34(19-25-26(31)12-9-13-27(25)32)29(36)20-35(41(4,38)39)23-14-16-24(40-3)17-15-23/h6-17,21,28H,5,18-20H2,1-4H3,(H,33,37)/t21-,28+/m1/s1. The second-order valence-electron chi connectivity index (χ2n) is 9.71. The number of nitrogens with one attached hydrogen (secondary N) is 1. The van der Waals surface area contributed by atoms with Gasteiger partial charge in [0.1, 0.15) is 18.3 Å². The van der Waals surface area contributed by atoms with Crippen LogP contribution in [0.3, 0.4) is 0 Å². The Morgan fingerprint density at radius 2 is 1.56 bits per heavy atom. The number of carbonyl (C=O) groups excluding carboxylic acids is 2. The fraction of sp³-hybridized carbons (Fsp3) is 0.333. The molecule has 0 saturated heterocycles. The molecule has 2 atom stereocenters. The summed E-state index contributed by atoms with van der Waals surface area (Å²) in [6.07, 6.45) is 1.91. The molecule has 0 aliphatic carbocycles. The van der Waals surface area contributed by atoms with Crippen LogP contribution in [0.4, 0.5) is 5.69 Å². The van der Waals surface area contributed by atoms with Gasteiger partial charge in [0.25, 0.3) is 0 Å². The lowest BCUT2D eigenvalue weighted by Gasteiger charge is -2.34. The highest BCUT2D eigenvalue weighted by atomic mass is 35.5. The average Bonchev–Trinajstić information content (AvgIpc) is 2.94. The highest BCUT2D eigenvalue weighted by Crippen LogP contribution is 2.28. The summed E-state index contributed by atoms with van der Waals surface area (Å²) in [6.45, 7) is 3.17. The van der Waals surface area contributed by atoms with Crippen molar-refractivity contribution in [1.82, 2.24) is 10.2 Å². The quantitative estimate of drug-likeness (QED) is 0.279. The fourth-order valence-corrected chi connectivity index (χ4v) is 5.58. The number of sulfonamides is 1. The molecule has 0 aromatic heterocycles. The van der Waals surface area contributed by atoms with E-state index in [9.17, 15) is 18.0 Å². The van der Waals surface area contributed by atoms with Crippen molar-refractivity contribution in [1.29, 1.82) is 0 Å². The number of amides is 2. The van der Waals surface area contributed by atoms with Crippen LogP contribution in [0.15, 0.2) is 72.8 Å². The summed E-state index contributed by atoms with van der Waals surface area (Å²) in [5.74, 6) is -0.425. The molecule has 41 heavy (non-hydrogen) atoms. The van der Waals surface area contributed by atoms with Crippen molar-refractivity contribution >= 4 is 50.7 Å². The summed E-state index contributed by atoms with van der Waals surface area (Å²) in [7, 11) is -2.39. The van der Waals surface area contributed by atoms with Crippen LogP contribution < -0.4 is 14.4 Å². The van der Waals surface area contributed by atoms with Gasteiger partial charge < -0.3 is 15.0 Å². The summed E-state index contributed by atoms with van der Waals surface area (Å²) in [5, 5.41) is 3.63. The van der Waals surface area contributed by atoms with E-state index in [1.807, 2.05) is 44.2 Å². The van der Waals surface area contributed by atoms with Gasteiger partial charge in [-0.2, -0.15) is 0 Å². The fourth-order valence-electron chi connectivity index (χ4n) is 4.21. The molecule has 0 aliphatic heterocycles. The number of hydrogen-bond acceptors (Lipinski definition) is 5. The molecule has 3 aromatic rings. The van der Waals surface area contributed by atoms with Gasteiger partial charge in [-0.1, -0.05) is 66.5 Å². The first-order chi connectivity index (χ1) is 19.4. The second kappa shape index (κ2) is 14.6. The van der Waals surface area contributed by atoms with E-state index >= 15 is 0 Å². The Bertz CT molecular complexity index is 1420. The van der Waals surface area contributed by atoms with Crippen molar-refractivity contribution in [3.05, 3.63) is 94.0 Å². The van der Waals surface area contributed by atoms with Crippen LogP contribution >= 0.6 is 23.2 Å². The SMILES string of the molecule is CC[C@@H](C)NC(=O)[C@H](Cc1ccccc1)N(Cc1c(Cl)cccc1Cl)C(=O)CN(c1ccc(OC)cc1)S(C)(=O)=O. The van der Waals surface area contributed by atoms with Crippen LogP contribution in [0.25, 0.3) is 0 Å². The van der Waals surface area contributed by atoms with Gasteiger partial charge in [-0.3, -0.25) is 13.9 Å². The minimum absolute atomic E-state index is 0.108. The van der Waals surface area contributed by atoms with Crippen molar-refractivity contribution in [2.75, 3.05) is 24.2 Å². The second-order valence-corrected chi connectivity index (χ2v) is 12.4. The molecule has 220 valence electrons. The zero-order chi connectivity index (χ0) is 30.2. The van der Waals surface area contributed by atoms with Gasteiger partial charge in [-0.05, 0) is 55.3 Å². The molecule has 0 spiro atoms. The number of hydrogen-bond donors (Lipinski definition) is 1. The molecule has 11 heteroatoms. The van der Waals surface area contributed by atoms with E-state index in [-0.39, 0.29) is 30.6 Å². The van der Waals surface area contributed by atoms with Crippen molar-refractivity contribution in [3.8, 4) is 5.75 Å². The van der Waals surface area contributed by atoms with Crippen molar-refractivity contribution in [3.63, 3.8) is 0 Å². The van der Waals surface area contributed by atoms with E-state index in [1.54, 1.807) is 42.5 Å². The van der Waals surface area contributed by atoms with Crippen LogP contribution in [0.1, 0.15) is 31.4 Å². The monoisotopic (exact) mass is 619 g/mol. The smallest absolute Gasteiger partial charge is 0.244 e. The minimum Gasteiger partial charge on any atom is -0.497 e. The Kier molecular flexibility index (Phi) is 11.5. The summed E-state index contributed by atoms with van der Waals surface area (Å²) < 4.78 is 32.0. The van der Waals surface area contributed by atoms with Gasteiger partial charge >= 0.3 is 0 Å². The van der Waals surface area contributed by atoms with Crippen LogP contribution in [0, 0.1) is 0 Å². The van der Waals surface area contributed by atoms with Gasteiger partial charge in [0.2, 0.25) is 21.8 Å². The summed E-state index contributed by atoms with van der Waals surface area (Å²) in [6, 6.07) is 19.5. The molecule has 0 radical (unpaired) electrons. The molecular weight excluding hydrogens is 585 g/mol. The van der Waals surface area contributed by atoms with Crippen LogP contribution in [-0.4, -0.2) is 57.1 Å². The summed E-state index contributed by atoms with van der Waals surface area (Å²) in [5.41, 5.74) is 1.56. The highest BCUT2D eigenvalue weighted by molar-refractivity contribution is 7.92. The predicted molar refractivity (Wildman–Crippen MR) is 164 cm³/mol. The Balaban J connectivity index is 2.09. The molecule has 0 bridgehead atoms. The van der Waals surface area contributed by atoms with Gasteiger partial charge in [-0.15, -0.1) is 0 Å². The normalized spacial score (nSPS) is 12.7. The van der Waals surface area contributed by atoms with Crippen LogP contribution in [0.2, 0.25) is 10.0 Å². The van der Waals surface area contributed by atoms with Gasteiger partial charge in [0.15, 0.2) is 0 Å². The topological polar surface area (TPSA) is 96.0 Å². The highest BCUT2D eigenvalue weighted by Gasteiger charge is 2.34. The molecule has 0 fully saturated rings. The average molecular weight is 621 g/mol. The molecule has 0 aliphatic rings. The van der Waals surface area contributed by atoms with Gasteiger partial charge in [-0.25, -0.2) is 8.42 Å². The number of rotatable bonds is 13. The maximum Gasteiger partial charge on any atom is 0.244 e. The molecule has 3 aromatic carbocycles. The van der Waals surface area contributed by atoms with Crippen LogP contribution in [-0.2, 0) is 32.6 Å². The lowest BCUT2D eigenvalue weighted by atomic mass is 10.0. The summed E-state index contributed by atoms with van der Waals surface area (Å²) >= 11 is 13.0. The molecule has 8 nitrogen and oxygen atoms in total.